The third-order valence-electron chi connectivity index (χ3n) is 12.1. The summed E-state index contributed by atoms with van der Waals surface area (Å²) in [5.74, 6) is 4.37. The topological polar surface area (TPSA) is 46.2 Å². The van der Waals surface area contributed by atoms with Gasteiger partial charge in [0, 0.05) is 11.0 Å². The van der Waals surface area contributed by atoms with Crippen LogP contribution in [0.25, 0.3) is 0 Å². The number of allylic oxidation sites excluding steroid dienone is 2. The quantitative estimate of drug-likeness (QED) is 0.449. The molecule has 0 aromatic carbocycles. The van der Waals surface area contributed by atoms with Crippen LogP contribution >= 0.6 is 0 Å². The van der Waals surface area contributed by atoms with E-state index in [9.17, 15) is 5.11 Å². The first-order chi connectivity index (χ1) is 14.7. The highest BCUT2D eigenvalue weighted by Gasteiger charge is 2.67. The van der Waals surface area contributed by atoms with Gasteiger partial charge in [0.05, 0.1) is 5.76 Å². The van der Waals surface area contributed by atoms with E-state index in [0.29, 0.717) is 28.1 Å². The summed E-state index contributed by atoms with van der Waals surface area (Å²) < 4.78 is 0. The van der Waals surface area contributed by atoms with Gasteiger partial charge in [-0.25, -0.2) is 0 Å². The molecular weight excluding hydrogens is 390 g/mol. The molecule has 2 heteroatoms. The minimum Gasteiger partial charge on any atom is -0.512 e. The van der Waals surface area contributed by atoms with Gasteiger partial charge in [-0.1, -0.05) is 54.4 Å². The van der Waals surface area contributed by atoms with Crippen LogP contribution in [0.2, 0.25) is 0 Å². The molecule has 3 N–H and O–H groups in total. The summed E-state index contributed by atoms with van der Waals surface area (Å²) in [5.41, 5.74) is 7.37. The monoisotopic (exact) mass is 443 g/mol. The van der Waals surface area contributed by atoms with Gasteiger partial charge in [-0.3, -0.25) is 0 Å². The number of hydrogen-bond acceptors (Lipinski definition) is 2. The molecule has 0 spiro atoms. The predicted octanol–water partition coefficient (Wildman–Crippen LogP) is 8.27. The van der Waals surface area contributed by atoms with Gasteiger partial charge in [0.2, 0.25) is 0 Å². The SMILES string of the molecule is C[C@H](CCCC(C)(C)N)[C@H]1CC[C@@]2(C)[C@@H]3CC[C@H]4C(C)(C)CC=C(O)[C@]4(C)[C@H]3CC[C@]12C. The zero-order valence-corrected chi connectivity index (χ0v) is 22.6. The number of rotatable bonds is 5. The molecule has 4 rings (SSSR count). The van der Waals surface area contributed by atoms with Gasteiger partial charge >= 0.3 is 0 Å². The summed E-state index contributed by atoms with van der Waals surface area (Å²) in [6.07, 6.45) is 15.0. The Morgan fingerprint density at radius 2 is 1.66 bits per heavy atom. The van der Waals surface area contributed by atoms with Crippen molar-refractivity contribution in [3.05, 3.63) is 11.8 Å². The summed E-state index contributed by atoms with van der Waals surface area (Å²) in [6, 6.07) is 0. The molecule has 0 unspecified atom stereocenters. The fraction of sp³-hybridized carbons (Fsp3) is 0.933. The third-order valence-corrected chi connectivity index (χ3v) is 12.1. The molecule has 0 bridgehead atoms. The summed E-state index contributed by atoms with van der Waals surface area (Å²) >= 11 is 0. The van der Waals surface area contributed by atoms with E-state index in [1.165, 1.54) is 51.4 Å². The summed E-state index contributed by atoms with van der Waals surface area (Å²) in [6.45, 7) is 19.5. The first-order valence-corrected chi connectivity index (χ1v) is 13.9. The highest BCUT2D eigenvalue weighted by Crippen LogP contribution is 2.74. The fourth-order valence-electron chi connectivity index (χ4n) is 10.1. The standard InChI is InChI=1S/C30H53NO/c1-20(10-9-16-27(4,5)31)21-13-18-29(7)22-11-12-24-26(2,3)17-15-25(32)30(24,8)23(22)14-19-28(21,29)6/h15,20-24,32H,9-14,16-19,31H2,1-8H3/t20-,21-,22-,23+,24+,28-,29+,30-/m1/s1. The number of hydrogen-bond donors (Lipinski definition) is 2. The summed E-state index contributed by atoms with van der Waals surface area (Å²) in [4.78, 5) is 0. The van der Waals surface area contributed by atoms with Gasteiger partial charge in [0.1, 0.15) is 0 Å². The Bertz CT molecular complexity index is 746. The van der Waals surface area contributed by atoms with Crippen LogP contribution in [0.1, 0.15) is 120 Å². The maximum Gasteiger partial charge on any atom is 0.0947 e. The lowest BCUT2D eigenvalue weighted by atomic mass is 9.39. The van der Waals surface area contributed by atoms with E-state index >= 15 is 0 Å². The van der Waals surface area contributed by atoms with Crippen molar-refractivity contribution in [2.24, 2.45) is 57.0 Å². The van der Waals surface area contributed by atoms with Crippen LogP contribution in [0.5, 0.6) is 0 Å². The molecule has 3 fully saturated rings. The summed E-state index contributed by atoms with van der Waals surface area (Å²) in [7, 11) is 0. The lowest BCUT2D eigenvalue weighted by Crippen LogP contribution is -2.59. The van der Waals surface area contributed by atoms with Crippen molar-refractivity contribution < 1.29 is 5.11 Å². The molecule has 3 saturated carbocycles. The molecule has 2 nitrogen and oxygen atoms in total. The maximum atomic E-state index is 11.3. The normalized spacial score (nSPS) is 46.6. The second-order valence-electron chi connectivity index (χ2n) is 14.8. The zero-order chi connectivity index (χ0) is 23.7. The van der Waals surface area contributed by atoms with Crippen molar-refractivity contribution >= 4 is 0 Å². The highest BCUT2D eigenvalue weighted by molar-refractivity contribution is 5.24. The maximum absolute atomic E-state index is 11.3. The second-order valence-corrected chi connectivity index (χ2v) is 14.8. The van der Waals surface area contributed by atoms with E-state index < -0.39 is 0 Å². The van der Waals surface area contributed by atoms with Crippen molar-refractivity contribution in [3.63, 3.8) is 0 Å². The number of aliphatic hydroxyl groups is 1. The van der Waals surface area contributed by atoms with Gasteiger partial charge in [-0.2, -0.15) is 0 Å². The lowest BCUT2D eigenvalue weighted by Gasteiger charge is -2.66. The number of nitrogens with two attached hydrogens (primary N) is 1. The summed E-state index contributed by atoms with van der Waals surface area (Å²) in [5, 5.41) is 11.3. The molecule has 0 saturated heterocycles. The largest absolute Gasteiger partial charge is 0.512 e. The van der Waals surface area contributed by atoms with Crippen LogP contribution in [0, 0.1) is 51.2 Å². The van der Waals surface area contributed by atoms with Gasteiger partial charge in [-0.05, 0) is 117 Å². The van der Waals surface area contributed by atoms with Crippen molar-refractivity contribution in [1.29, 1.82) is 0 Å². The van der Waals surface area contributed by atoms with Crippen LogP contribution in [0.4, 0.5) is 0 Å². The van der Waals surface area contributed by atoms with E-state index in [1.807, 2.05) is 0 Å². The minimum absolute atomic E-state index is 0.0224. The van der Waals surface area contributed by atoms with E-state index in [1.54, 1.807) is 0 Å². The van der Waals surface area contributed by atoms with Crippen LogP contribution in [-0.4, -0.2) is 10.6 Å². The van der Waals surface area contributed by atoms with Gasteiger partial charge < -0.3 is 10.8 Å². The minimum atomic E-state index is -0.0384. The van der Waals surface area contributed by atoms with E-state index in [-0.39, 0.29) is 11.0 Å². The van der Waals surface area contributed by atoms with Gasteiger partial charge in [0.25, 0.3) is 0 Å². The number of aliphatic hydroxyl groups excluding tert-OH is 1. The molecule has 0 aromatic heterocycles. The Balaban J connectivity index is 1.57. The Morgan fingerprint density at radius 1 is 1.00 bits per heavy atom. The average Bonchev–Trinajstić information content (AvgIpc) is 2.96. The smallest absolute Gasteiger partial charge is 0.0947 e. The van der Waals surface area contributed by atoms with E-state index in [4.69, 9.17) is 5.73 Å². The molecule has 8 atom stereocenters. The van der Waals surface area contributed by atoms with Crippen molar-refractivity contribution in [2.45, 2.75) is 125 Å². The molecule has 184 valence electrons. The van der Waals surface area contributed by atoms with Gasteiger partial charge in [-0.15, -0.1) is 0 Å². The molecular formula is C30H53NO. The Hall–Kier alpha value is -0.500. The van der Waals surface area contributed by atoms with Crippen molar-refractivity contribution in [1.82, 2.24) is 0 Å². The fourth-order valence-corrected chi connectivity index (χ4v) is 10.1. The Labute approximate surface area is 199 Å². The molecule has 0 aromatic rings. The van der Waals surface area contributed by atoms with E-state index in [0.717, 1.165) is 36.4 Å². The molecule has 0 heterocycles. The zero-order valence-electron chi connectivity index (χ0n) is 22.6. The molecule has 4 aliphatic carbocycles. The number of fused-ring (bicyclic) bond motifs is 5. The Morgan fingerprint density at radius 3 is 2.31 bits per heavy atom. The van der Waals surface area contributed by atoms with Crippen molar-refractivity contribution in [3.8, 4) is 0 Å². The highest BCUT2D eigenvalue weighted by atomic mass is 16.3. The predicted molar refractivity (Wildman–Crippen MR) is 136 cm³/mol. The molecule has 4 aliphatic rings. The molecule has 0 amide bonds. The molecule has 32 heavy (non-hydrogen) atoms. The molecule has 0 radical (unpaired) electrons. The van der Waals surface area contributed by atoms with Crippen LogP contribution in [-0.2, 0) is 0 Å². The van der Waals surface area contributed by atoms with Crippen LogP contribution in [0.3, 0.4) is 0 Å². The average molecular weight is 444 g/mol. The van der Waals surface area contributed by atoms with Crippen LogP contribution in [0.15, 0.2) is 11.8 Å². The first-order valence-electron chi connectivity index (χ1n) is 13.9. The second kappa shape index (κ2) is 7.76. The third kappa shape index (κ3) is 3.52. The molecule has 0 aliphatic heterocycles. The van der Waals surface area contributed by atoms with Gasteiger partial charge in [0.15, 0.2) is 0 Å². The lowest BCUT2D eigenvalue weighted by molar-refractivity contribution is -0.165. The van der Waals surface area contributed by atoms with Crippen LogP contribution < -0.4 is 5.73 Å². The van der Waals surface area contributed by atoms with E-state index in [2.05, 4.69) is 61.5 Å². The first kappa shape index (κ1) is 24.6. The van der Waals surface area contributed by atoms with Crippen molar-refractivity contribution in [2.75, 3.05) is 0 Å². The Kier molecular flexibility index (Phi) is 5.97.